The molecule has 0 unspecified atom stereocenters. The highest BCUT2D eigenvalue weighted by Crippen LogP contribution is 2.52. The lowest BCUT2D eigenvalue weighted by Gasteiger charge is -2.51. The molecule has 67 heavy (non-hydrogen) atoms. The topological polar surface area (TPSA) is 126 Å². The summed E-state index contributed by atoms with van der Waals surface area (Å²) >= 11 is 6.39. The third-order valence-corrected chi connectivity index (χ3v) is 14.8. The Morgan fingerprint density at radius 2 is 0.761 bits per heavy atom. The Hall–Kier alpha value is -5.83. The van der Waals surface area contributed by atoms with Crippen LogP contribution in [0.3, 0.4) is 0 Å². The standard InChI is InChI=1S/C52H63ClN2O12/c1-58-41-23-32-11-17-54(18-12-33-24-42(59-2)46(63-6)28-37(33)50(54)36(32)27-45(41)62-5)15-9-21-66-49(56)31-40(53)52(57)67-22-10-16-55-19-13-34-25-43(60-3)47(64-7)29-38(34)51(55)39-30-48(65-8)44(61-4)26-35(39)14-20-55/h23-31,50-51H,9-22H2,1-8H3/q+2/b40-31-. The van der Waals surface area contributed by atoms with Crippen LogP contribution in [-0.4, -0.2) is 130 Å². The minimum atomic E-state index is -0.768. The van der Waals surface area contributed by atoms with Gasteiger partial charge < -0.3 is 56.3 Å². The first-order valence-corrected chi connectivity index (χ1v) is 23.3. The van der Waals surface area contributed by atoms with Crippen molar-refractivity contribution in [2.24, 2.45) is 0 Å². The molecular formula is C52H63ClN2O12+2. The van der Waals surface area contributed by atoms with Gasteiger partial charge in [0.2, 0.25) is 0 Å². The molecule has 14 nitrogen and oxygen atoms in total. The van der Waals surface area contributed by atoms with Crippen molar-refractivity contribution < 1.29 is 65.9 Å². The summed E-state index contributed by atoms with van der Waals surface area (Å²) in [6.07, 6.45) is 5.60. The maximum absolute atomic E-state index is 13.1. The zero-order chi connectivity index (χ0) is 47.5. The van der Waals surface area contributed by atoms with Crippen LogP contribution >= 0.6 is 11.6 Å². The summed E-state index contributed by atoms with van der Waals surface area (Å²) in [5.41, 5.74) is 9.55. The molecule has 4 aliphatic heterocycles. The maximum atomic E-state index is 13.1. The van der Waals surface area contributed by atoms with Gasteiger partial charge in [-0.15, -0.1) is 0 Å². The number of nitrogens with zero attached hydrogens (tertiary/aromatic N) is 2. The van der Waals surface area contributed by atoms with Crippen LogP contribution in [0.1, 0.15) is 69.4 Å². The van der Waals surface area contributed by atoms with E-state index in [1.165, 1.54) is 44.5 Å². The van der Waals surface area contributed by atoms with Gasteiger partial charge >= 0.3 is 11.9 Å². The molecular weight excluding hydrogens is 880 g/mol. The van der Waals surface area contributed by atoms with Gasteiger partial charge in [0.25, 0.3) is 0 Å². The van der Waals surface area contributed by atoms with Gasteiger partial charge in [-0.1, -0.05) is 11.6 Å². The van der Waals surface area contributed by atoms with E-state index in [9.17, 15) is 9.59 Å². The minimum Gasteiger partial charge on any atom is -0.493 e. The average Bonchev–Trinajstić information content (AvgIpc) is 3.36. The largest absolute Gasteiger partial charge is 0.493 e. The summed E-state index contributed by atoms with van der Waals surface area (Å²) in [6, 6.07) is 16.7. The summed E-state index contributed by atoms with van der Waals surface area (Å²) in [7, 11) is 13.2. The lowest BCUT2D eigenvalue weighted by atomic mass is 9.79. The Balaban J connectivity index is 0.909. The molecule has 0 spiro atoms. The third-order valence-electron chi connectivity index (χ3n) is 14.6. The van der Waals surface area contributed by atoms with E-state index >= 15 is 0 Å². The molecule has 0 aliphatic carbocycles. The second-order valence-electron chi connectivity index (χ2n) is 17.7. The molecule has 4 aromatic carbocycles. The molecule has 0 N–H and O–H groups in total. The predicted molar refractivity (Wildman–Crippen MR) is 251 cm³/mol. The van der Waals surface area contributed by atoms with Gasteiger partial charge in [-0.25, -0.2) is 9.59 Å². The van der Waals surface area contributed by atoms with Gasteiger partial charge in [0.1, 0.15) is 17.1 Å². The van der Waals surface area contributed by atoms with Crippen molar-refractivity contribution in [3.63, 3.8) is 0 Å². The molecule has 0 aromatic heterocycles. The van der Waals surface area contributed by atoms with E-state index in [2.05, 4.69) is 48.5 Å². The molecule has 0 bridgehead atoms. The van der Waals surface area contributed by atoms with Crippen LogP contribution in [0, 0.1) is 0 Å². The summed E-state index contributed by atoms with van der Waals surface area (Å²) < 4.78 is 58.7. The fourth-order valence-electron chi connectivity index (χ4n) is 11.3. The minimum absolute atomic E-state index is 0.0145. The summed E-state index contributed by atoms with van der Waals surface area (Å²) in [6.45, 7) is 5.33. The quantitative estimate of drug-likeness (QED) is 0.0425. The number of halogens is 1. The van der Waals surface area contributed by atoms with Crippen LogP contribution in [0.5, 0.6) is 46.0 Å². The number of benzene rings is 4. The van der Waals surface area contributed by atoms with E-state index in [1.54, 1.807) is 56.9 Å². The van der Waals surface area contributed by atoms with Gasteiger partial charge in [0.15, 0.2) is 46.0 Å². The van der Waals surface area contributed by atoms with Gasteiger partial charge in [0.05, 0.1) is 109 Å². The molecule has 4 heterocycles. The molecule has 15 heteroatoms. The fourth-order valence-corrected chi connectivity index (χ4v) is 11.5. The second-order valence-corrected chi connectivity index (χ2v) is 18.1. The highest BCUT2D eigenvalue weighted by molar-refractivity contribution is 6.42. The zero-order valence-corrected chi connectivity index (χ0v) is 40.7. The Labute approximate surface area is 398 Å². The number of quaternary nitrogens is 2. The predicted octanol–water partition coefficient (Wildman–Crippen LogP) is 7.48. The molecule has 358 valence electrons. The van der Waals surface area contributed by atoms with E-state index < -0.39 is 11.9 Å². The first-order valence-electron chi connectivity index (χ1n) is 22.9. The summed E-state index contributed by atoms with van der Waals surface area (Å²) in [5.74, 6) is 4.04. The number of ether oxygens (including phenoxy) is 10. The Morgan fingerprint density at radius 1 is 0.478 bits per heavy atom. The van der Waals surface area contributed by atoms with E-state index in [4.69, 9.17) is 59.0 Å². The Bertz CT molecular complexity index is 2410. The number of carbonyl (C=O) groups is 2. The van der Waals surface area contributed by atoms with Crippen LogP contribution in [0.2, 0.25) is 0 Å². The fraction of sp³-hybridized carbons (Fsp3) is 0.462. The van der Waals surface area contributed by atoms with Crippen molar-refractivity contribution in [1.29, 1.82) is 0 Å². The molecule has 0 radical (unpaired) electrons. The third kappa shape index (κ3) is 9.03. The normalized spacial score (nSPS) is 21.1. The number of carbonyl (C=O) groups excluding carboxylic acids is 2. The van der Waals surface area contributed by atoms with Crippen LogP contribution in [0.15, 0.2) is 59.6 Å². The number of hydrogen-bond acceptors (Lipinski definition) is 12. The molecule has 8 rings (SSSR count). The van der Waals surface area contributed by atoms with Crippen LogP contribution in [-0.2, 0) is 44.7 Å². The summed E-state index contributed by atoms with van der Waals surface area (Å²) in [5, 5.41) is -0.327. The van der Waals surface area contributed by atoms with Gasteiger partial charge in [-0.2, -0.15) is 0 Å². The molecule has 0 amide bonds. The van der Waals surface area contributed by atoms with E-state index in [-0.39, 0.29) is 30.3 Å². The highest BCUT2D eigenvalue weighted by Gasteiger charge is 2.49. The average molecular weight is 944 g/mol. The van der Waals surface area contributed by atoms with Crippen molar-refractivity contribution in [2.75, 3.05) is 109 Å². The molecule has 4 aromatic rings. The Kier molecular flexibility index (Phi) is 14.4. The van der Waals surface area contributed by atoms with E-state index in [0.29, 0.717) is 58.8 Å². The van der Waals surface area contributed by atoms with Crippen LogP contribution < -0.4 is 37.9 Å². The van der Waals surface area contributed by atoms with Gasteiger partial charge in [0, 0.05) is 66.9 Å². The van der Waals surface area contributed by atoms with Crippen molar-refractivity contribution in [3.8, 4) is 46.0 Å². The van der Waals surface area contributed by atoms with Crippen molar-refractivity contribution in [1.82, 2.24) is 0 Å². The first kappa shape index (κ1) is 47.7. The number of rotatable bonds is 18. The van der Waals surface area contributed by atoms with E-state index in [0.717, 1.165) is 80.0 Å². The molecule has 0 saturated carbocycles. The lowest BCUT2D eigenvalue weighted by molar-refractivity contribution is -0.955. The van der Waals surface area contributed by atoms with Gasteiger partial charge in [-0.3, -0.25) is 0 Å². The lowest BCUT2D eigenvalue weighted by Crippen LogP contribution is -2.58. The number of fused-ring (bicyclic) bond motifs is 10. The highest BCUT2D eigenvalue weighted by atomic mass is 35.5. The number of hydrogen-bond donors (Lipinski definition) is 0. The number of methoxy groups -OCH3 is 8. The SMILES string of the molecule is COc1cc2c(cc1OC)C1c3cc(OC)c(OC)cc3CC[N+]1(CCCOC(=O)/C=C(\Cl)C(=O)OCCC[N+]13CCc4cc(OC)c(OC)cc4C1c1cc(OC)c(OC)cc1CC3)CC2. The number of esters is 2. The van der Waals surface area contributed by atoms with Crippen molar-refractivity contribution in [2.45, 2.75) is 50.6 Å². The smallest absolute Gasteiger partial charge is 0.350 e. The van der Waals surface area contributed by atoms with Gasteiger partial charge in [-0.05, 0) is 70.8 Å². The van der Waals surface area contributed by atoms with Crippen molar-refractivity contribution in [3.05, 3.63) is 104 Å². The maximum Gasteiger partial charge on any atom is 0.350 e. The molecule has 4 aliphatic rings. The zero-order valence-electron chi connectivity index (χ0n) is 39.9. The first-order chi connectivity index (χ1) is 32.5. The molecule has 0 atom stereocenters. The van der Waals surface area contributed by atoms with Crippen LogP contribution in [0.25, 0.3) is 0 Å². The van der Waals surface area contributed by atoms with Crippen LogP contribution in [0.4, 0.5) is 0 Å². The molecule has 0 saturated heterocycles. The Morgan fingerprint density at radius 3 is 1.06 bits per heavy atom. The monoisotopic (exact) mass is 942 g/mol. The second kappa shape index (κ2) is 20.2. The summed E-state index contributed by atoms with van der Waals surface area (Å²) in [4.78, 5) is 26.2. The van der Waals surface area contributed by atoms with Crippen molar-refractivity contribution >= 4 is 23.5 Å². The van der Waals surface area contributed by atoms with E-state index in [1.807, 2.05) is 0 Å². The molecule has 0 fully saturated rings.